The van der Waals surface area contributed by atoms with E-state index in [4.69, 9.17) is 19.3 Å². The molecular weight excluding hydrogens is 982 g/mol. The average Bonchev–Trinajstić information content (AvgIpc) is 3.79. The van der Waals surface area contributed by atoms with E-state index in [2.05, 4.69) is 74.5 Å². The summed E-state index contributed by atoms with van der Waals surface area (Å²) < 4.78 is 19.0. The minimum atomic E-state index is -1.19. The molecule has 11 heteroatoms. The Morgan fingerprint density at radius 1 is 0.717 bits per heavy atom. The van der Waals surface area contributed by atoms with E-state index in [9.17, 15) is 14.7 Å². The number of phenolic OH excluding ortho intramolecular Hbond substituents is 1. The van der Waals surface area contributed by atoms with Crippen molar-refractivity contribution in [2.24, 2.45) is 0 Å². The Labute approximate surface area is 377 Å². The van der Waals surface area contributed by atoms with E-state index in [1.807, 2.05) is 128 Å². The van der Waals surface area contributed by atoms with Crippen molar-refractivity contribution in [3.05, 3.63) is 169 Å². The monoisotopic (exact) mass is 1030 g/mol. The van der Waals surface area contributed by atoms with Crippen molar-refractivity contribution in [1.82, 2.24) is 10.3 Å². The molecule has 0 fully saturated rings. The summed E-state index contributed by atoms with van der Waals surface area (Å²) in [5.41, 5.74) is 7.82. The van der Waals surface area contributed by atoms with Crippen molar-refractivity contribution < 1.29 is 34.0 Å². The third-order valence-electron chi connectivity index (χ3n) is 9.72. The molecule has 0 saturated heterocycles. The molecule has 308 valence electrons. The first-order valence-electron chi connectivity index (χ1n) is 19.6. The smallest absolute Gasteiger partial charge is 0.407 e. The van der Waals surface area contributed by atoms with Crippen LogP contribution in [-0.4, -0.2) is 53.1 Å². The van der Waals surface area contributed by atoms with Gasteiger partial charge in [0.2, 0.25) is 0 Å². The number of para-hydroxylation sites is 1. The molecule has 1 amide bonds. The number of rotatable bonds is 12. The lowest BCUT2D eigenvalue weighted by molar-refractivity contribution is -0.139. The fraction of sp³-hybridized carbons (Fsp3) is 0.184. The van der Waals surface area contributed by atoms with Crippen LogP contribution in [0.2, 0.25) is 0 Å². The van der Waals surface area contributed by atoms with Gasteiger partial charge < -0.3 is 34.7 Å². The standard InChI is InChI=1S/C34H30N2O5.C9H11IO.C6H5IO/c1-2-40-22-17-15-21(16-18-22)32-28(27-13-7-8-14-30(27)35-32)19-31(33(37)38)36-34(39)41-20-29-25-11-5-3-9-23(25)24-10-4-6-12-26(24)29;1-2-7-11-9-5-3-8(10)4-6-9;7-5-1-3-6(8)4-2-5/h3-18,29,31,35H,2,19-20H2,1H3,(H,36,39)(H,37,38);3-6H,2,7H2,1H3;1-4,8H/t31-;;/m0../s1. The molecule has 1 aliphatic rings. The fourth-order valence-corrected chi connectivity index (χ4v) is 7.64. The van der Waals surface area contributed by atoms with Crippen molar-refractivity contribution in [3.8, 4) is 39.6 Å². The number of amides is 1. The number of ether oxygens (including phenoxy) is 3. The molecule has 8 rings (SSSR count). The third-order valence-corrected chi connectivity index (χ3v) is 11.2. The Bertz CT molecular complexity index is 2420. The number of hydrogen-bond acceptors (Lipinski definition) is 6. The van der Waals surface area contributed by atoms with E-state index in [0.29, 0.717) is 12.4 Å². The van der Waals surface area contributed by atoms with Gasteiger partial charge in [0.15, 0.2) is 0 Å². The number of carboxylic acids is 1. The molecule has 1 heterocycles. The number of carboxylic acid groups (broad SMARTS) is 1. The number of aromatic hydroxyl groups is 1. The van der Waals surface area contributed by atoms with Crippen molar-refractivity contribution in [1.29, 1.82) is 0 Å². The lowest BCUT2D eigenvalue weighted by Crippen LogP contribution is -2.43. The quantitative estimate of drug-likeness (QED) is 0.0897. The zero-order valence-electron chi connectivity index (χ0n) is 33.2. The summed E-state index contributed by atoms with van der Waals surface area (Å²) in [5.74, 6) is 0.796. The summed E-state index contributed by atoms with van der Waals surface area (Å²) in [7, 11) is 0. The molecule has 1 aliphatic carbocycles. The number of alkyl carbamates (subject to hydrolysis) is 1. The van der Waals surface area contributed by atoms with E-state index in [0.717, 1.165) is 78.1 Å². The van der Waals surface area contributed by atoms with Gasteiger partial charge in [-0.05, 0) is 171 Å². The van der Waals surface area contributed by atoms with Crippen LogP contribution in [0, 0.1) is 7.14 Å². The second-order valence-corrected chi connectivity index (χ2v) is 16.3. The van der Waals surface area contributed by atoms with Gasteiger partial charge in [0, 0.05) is 36.1 Å². The summed E-state index contributed by atoms with van der Waals surface area (Å²) >= 11 is 4.46. The highest BCUT2D eigenvalue weighted by Crippen LogP contribution is 2.44. The maximum atomic E-state index is 13.0. The molecule has 0 aliphatic heterocycles. The fourth-order valence-electron chi connectivity index (χ4n) is 6.92. The Morgan fingerprint density at radius 3 is 1.85 bits per heavy atom. The Hall–Kier alpha value is -5.54. The molecule has 1 atom stereocenters. The molecule has 0 unspecified atom stereocenters. The van der Waals surface area contributed by atoms with Gasteiger partial charge >= 0.3 is 12.1 Å². The minimum Gasteiger partial charge on any atom is -0.508 e. The number of halogens is 2. The van der Waals surface area contributed by atoms with Crippen LogP contribution in [0.3, 0.4) is 0 Å². The van der Waals surface area contributed by atoms with Crippen LogP contribution in [0.15, 0.2) is 146 Å². The lowest BCUT2D eigenvalue weighted by Gasteiger charge is -2.18. The zero-order chi connectivity index (χ0) is 42.4. The number of aromatic nitrogens is 1. The highest BCUT2D eigenvalue weighted by atomic mass is 127. The number of benzene rings is 6. The predicted molar refractivity (Wildman–Crippen MR) is 254 cm³/mol. The molecule has 7 aromatic rings. The number of nitrogens with one attached hydrogen (secondary N) is 2. The van der Waals surface area contributed by atoms with Crippen molar-refractivity contribution in [3.63, 3.8) is 0 Å². The second kappa shape index (κ2) is 21.6. The molecular formula is C49H46I2N2O7. The SMILES string of the molecule is CCCOc1ccc(I)cc1.CCOc1ccc(-c2[nH]c3ccccc3c2C[C@H](NC(=O)OCC2c3ccccc3-c3ccccc32)C(=O)O)cc1.Oc1ccc(I)cc1. The maximum Gasteiger partial charge on any atom is 0.407 e. The summed E-state index contributed by atoms with van der Waals surface area (Å²) in [6, 6.07) is 45.5. The van der Waals surface area contributed by atoms with Crippen molar-refractivity contribution >= 4 is 68.1 Å². The van der Waals surface area contributed by atoms with Crippen LogP contribution in [0.25, 0.3) is 33.3 Å². The van der Waals surface area contributed by atoms with E-state index in [-0.39, 0.29) is 18.9 Å². The molecule has 0 spiro atoms. The molecule has 0 saturated carbocycles. The van der Waals surface area contributed by atoms with Crippen molar-refractivity contribution in [2.75, 3.05) is 19.8 Å². The summed E-state index contributed by atoms with van der Waals surface area (Å²) in [6.07, 6.45) is 0.375. The van der Waals surface area contributed by atoms with Crippen LogP contribution in [0.1, 0.15) is 42.9 Å². The molecule has 60 heavy (non-hydrogen) atoms. The highest BCUT2D eigenvalue weighted by Gasteiger charge is 2.30. The van der Waals surface area contributed by atoms with E-state index >= 15 is 0 Å². The summed E-state index contributed by atoms with van der Waals surface area (Å²) in [6.45, 7) is 5.52. The number of carbonyl (C=O) groups excluding carboxylic acids is 1. The van der Waals surface area contributed by atoms with E-state index < -0.39 is 18.1 Å². The topological polar surface area (TPSA) is 130 Å². The first-order chi connectivity index (χ1) is 29.1. The van der Waals surface area contributed by atoms with Gasteiger partial charge in [0.1, 0.15) is 29.9 Å². The van der Waals surface area contributed by atoms with Crippen LogP contribution in [-0.2, 0) is 16.0 Å². The van der Waals surface area contributed by atoms with Gasteiger partial charge in [-0.15, -0.1) is 0 Å². The second-order valence-electron chi connectivity index (χ2n) is 13.8. The number of aromatic amines is 1. The minimum absolute atomic E-state index is 0.0755. The Morgan fingerprint density at radius 2 is 1.27 bits per heavy atom. The average molecular weight is 1030 g/mol. The third kappa shape index (κ3) is 11.6. The summed E-state index contributed by atoms with van der Waals surface area (Å²) in [4.78, 5) is 28.8. The molecule has 4 N–H and O–H groups in total. The first kappa shape index (κ1) is 44.0. The number of phenols is 1. The predicted octanol–water partition coefficient (Wildman–Crippen LogP) is 11.8. The molecule has 6 aromatic carbocycles. The molecule has 0 bridgehead atoms. The zero-order valence-corrected chi connectivity index (χ0v) is 37.6. The maximum absolute atomic E-state index is 13.0. The van der Waals surface area contributed by atoms with Gasteiger partial charge in [-0.3, -0.25) is 0 Å². The lowest BCUT2D eigenvalue weighted by atomic mass is 9.98. The van der Waals surface area contributed by atoms with Gasteiger partial charge in [-0.25, -0.2) is 9.59 Å². The van der Waals surface area contributed by atoms with E-state index in [1.165, 1.54) is 3.57 Å². The molecule has 1 aromatic heterocycles. The van der Waals surface area contributed by atoms with E-state index in [1.54, 1.807) is 12.1 Å². The number of hydrogen-bond donors (Lipinski definition) is 4. The first-order valence-corrected chi connectivity index (χ1v) is 21.8. The molecule has 9 nitrogen and oxygen atoms in total. The number of carbonyl (C=O) groups is 2. The van der Waals surface area contributed by atoms with Gasteiger partial charge in [-0.2, -0.15) is 0 Å². The number of fused-ring (bicyclic) bond motifs is 4. The van der Waals surface area contributed by atoms with Crippen LogP contribution in [0.4, 0.5) is 4.79 Å². The normalized spacial score (nSPS) is 11.8. The van der Waals surface area contributed by atoms with Crippen LogP contribution >= 0.6 is 45.2 Å². The number of H-pyrrole nitrogens is 1. The Balaban J connectivity index is 0.000000260. The van der Waals surface area contributed by atoms with Crippen molar-refractivity contribution in [2.45, 2.75) is 38.6 Å². The Kier molecular flexibility index (Phi) is 15.9. The van der Waals surface area contributed by atoms with Crippen LogP contribution < -0.4 is 14.8 Å². The van der Waals surface area contributed by atoms with Gasteiger partial charge in [-0.1, -0.05) is 73.7 Å². The number of aliphatic carboxylic acids is 1. The molecule has 0 radical (unpaired) electrons. The largest absolute Gasteiger partial charge is 0.508 e. The van der Waals surface area contributed by atoms with Gasteiger partial charge in [0.25, 0.3) is 0 Å². The van der Waals surface area contributed by atoms with Gasteiger partial charge in [0.05, 0.1) is 13.2 Å². The van der Waals surface area contributed by atoms with Crippen LogP contribution in [0.5, 0.6) is 17.2 Å². The summed E-state index contributed by atoms with van der Waals surface area (Å²) in [5, 5.41) is 22.3. The highest BCUT2D eigenvalue weighted by molar-refractivity contribution is 14.1.